The zero-order valence-corrected chi connectivity index (χ0v) is 14.3. The van der Waals surface area contributed by atoms with E-state index in [0.29, 0.717) is 5.69 Å². The molecule has 2 aromatic carbocycles. The van der Waals surface area contributed by atoms with Gasteiger partial charge in [-0.05, 0) is 31.0 Å². The highest BCUT2D eigenvalue weighted by atomic mass is 16.6. The molecule has 0 atom stereocenters. The number of aryl methyl sites for hydroxylation is 2. The van der Waals surface area contributed by atoms with Gasteiger partial charge in [0.2, 0.25) is 5.91 Å². The van der Waals surface area contributed by atoms with Crippen LogP contribution < -0.4 is 15.0 Å². The predicted molar refractivity (Wildman–Crippen MR) is 95.5 cm³/mol. The highest BCUT2D eigenvalue weighted by Crippen LogP contribution is 2.35. The molecular weight excluding hydrogens is 338 g/mol. The topological polar surface area (TPSA) is 102 Å². The molecule has 0 saturated carbocycles. The van der Waals surface area contributed by atoms with E-state index in [0.717, 1.165) is 16.8 Å². The van der Waals surface area contributed by atoms with Gasteiger partial charge in [-0.1, -0.05) is 18.2 Å². The standard InChI is InChI=1S/C18H17N3O5/c1-11-4-3-5-12(2)18(11)19-16(22)9-20-10-17(23)26-15-8-13(21(24)25)6-7-14(15)20/h3-8H,9-10H2,1-2H3,(H,19,22). The van der Waals surface area contributed by atoms with Crippen LogP contribution in [0.25, 0.3) is 0 Å². The Balaban J connectivity index is 1.81. The second-order valence-electron chi connectivity index (χ2n) is 6.05. The third-order valence-corrected chi connectivity index (χ3v) is 4.12. The van der Waals surface area contributed by atoms with Crippen molar-refractivity contribution < 1.29 is 19.2 Å². The lowest BCUT2D eigenvalue weighted by atomic mass is 10.1. The lowest BCUT2D eigenvalue weighted by molar-refractivity contribution is -0.384. The lowest BCUT2D eigenvalue weighted by Gasteiger charge is -2.29. The SMILES string of the molecule is Cc1cccc(C)c1NC(=O)CN1CC(=O)Oc2cc([N+](=O)[O-])ccc21. The molecule has 8 heteroatoms. The van der Waals surface area contributed by atoms with E-state index in [1.807, 2.05) is 32.0 Å². The molecule has 0 unspecified atom stereocenters. The van der Waals surface area contributed by atoms with Gasteiger partial charge < -0.3 is 15.0 Å². The molecule has 0 aromatic heterocycles. The number of esters is 1. The number of anilines is 2. The summed E-state index contributed by atoms with van der Waals surface area (Å²) in [7, 11) is 0. The van der Waals surface area contributed by atoms with Crippen LogP contribution in [-0.2, 0) is 9.59 Å². The molecule has 26 heavy (non-hydrogen) atoms. The minimum atomic E-state index is -0.571. The number of nitrogens with one attached hydrogen (secondary N) is 1. The summed E-state index contributed by atoms with van der Waals surface area (Å²) in [5.41, 5.74) is 2.89. The average Bonchev–Trinajstić information content (AvgIpc) is 2.57. The quantitative estimate of drug-likeness (QED) is 0.391. The Morgan fingerprint density at radius 3 is 2.62 bits per heavy atom. The Hall–Kier alpha value is -3.42. The highest BCUT2D eigenvalue weighted by molar-refractivity contribution is 5.97. The number of carbonyl (C=O) groups excluding carboxylic acids is 2. The number of nitro groups is 1. The normalized spacial score (nSPS) is 13.0. The maximum absolute atomic E-state index is 12.5. The fourth-order valence-electron chi connectivity index (χ4n) is 2.86. The van der Waals surface area contributed by atoms with Gasteiger partial charge >= 0.3 is 5.97 Å². The fraction of sp³-hybridized carbons (Fsp3) is 0.222. The number of para-hydroxylation sites is 1. The van der Waals surface area contributed by atoms with Gasteiger partial charge in [-0.15, -0.1) is 0 Å². The third-order valence-electron chi connectivity index (χ3n) is 4.12. The Labute approximate surface area is 149 Å². The van der Waals surface area contributed by atoms with Crippen molar-refractivity contribution in [1.29, 1.82) is 0 Å². The number of amides is 1. The minimum Gasteiger partial charge on any atom is -0.423 e. The molecule has 2 aromatic rings. The monoisotopic (exact) mass is 355 g/mol. The summed E-state index contributed by atoms with van der Waals surface area (Å²) in [6.07, 6.45) is 0. The molecule has 0 fully saturated rings. The summed E-state index contributed by atoms with van der Waals surface area (Å²) in [6, 6.07) is 9.68. The second kappa shape index (κ2) is 6.83. The van der Waals surface area contributed by atoms with E-state index in [1.165, 1.54) is 23.1 Å². The number of nitrogens with zero attached hydrogens (tertiary/aromatic N) is 2. The first-order chi connectivity index (χ1) is 12.3. The Morgan fingerprint density at radius 2 is 1.96 bits per heavy atom. The molecule has 0 bridgehead atoms. The number of hydrogen-bond donors (Lipinski definition) is 1. The molecule has 0 radical (unpaired) electrons. The predicted octanol–water partition coefficient (Wildman–Crippen LogP) is 2.58. The van der Waals surface area contributed by atoms with Crippen molar-refractivity contribution in [3.05, 3.63) is 57.6 Å². The summed E-state index contributed by atoms with van der Waals surface area (Å²) in [5, 5.41) is 13.7. The van der Waals surface area contributed by atoms with Gasteiger partial charge in [-0.25, -0.2) is 4.79 Å². The van der Waals surface area contributed by atoms with Crippen LogP contribution in [0.15, 0.2) is 36.4 Å². The number of rotatable bonds is 4. The van der Waals surface area contributed by atoms with E-state index in [2.05, 4.69) is 5.32 Å². The van der Waals surface area contributed by atoms with Gasteiger partial charge in [0.15, 0.2) is 5.75 Å². The van der Waals surface area contributed by atoms with Crippen molar-refractivity contribution in [2.24, 2.45) is 0 Å². The maximum atomic E-state index is 12.5. The van der Waals surface area contributed by atoms with E-state index < -0.39 is 10.9 Å². The zero-order chi connectivity index (χ0) is 18.8. The fourth-order valence-corrected chi connectivity index (χ4v) is 2.86. The summed E-state index contributed by atoms with van der Waals surface area (Å²) in [6.45, 7) is 3.61. The van der Waals surface area contributed by atoms with Crippen molar-refractivity contribution in [3.8, 4) is 5.75 Å². The molecule has 1 N–H and O–H groups in total. The molecule has 3 rings (SSSR count). The van der Waals surface area contributed by atoms with Crippen LogP contribution in [0.2, 0.25) is 0 Å². The lowest BCUT2D eigenvalue weighted by Crippen LogP contribution is -2.41. The van der Waals surface area contributed by atoms with Gasteiger partial charge in [0.1, 0.15) is 6.54 Å². The van der Waals surface area contributed by atoms with Crippen LogP contribution in [0, 0.1) is 24.0 Å². The third kappa shape index (κ3) is 3.49. The van der Waals surface area contributed by atoms with Crippen molar-refractivity contribution >= 4 is 28.9 Å². The minimum absolute atomic E-state index is 0.0757. The molecular formula is C18H17N3O5. The zero-order valence-electron chi connectivity index (χ0n) is 14.3. The number of carbonyl (C=O) groups is 2. The van der Waals surface area contributed by atoms with Crippen molar-refractivity contribution in [2.75, 3.05) is 23.3 Å². The summed E-state index contributed by atoms with van der Waals surface area (Å²) < 4.78 is 5.07. The highest BCUT2D eigenvalue weighted by Gasteiger charge is 2.27. The Kier molecular flexibility index (Phi) is 4.57. The van der Waals surface area contributed by atoms with E-state index in [4.69, 9.17) is 4.74 Å². The van der Waals surface area contributed by atoms with Crippen LogP contribution in [0.3, 0.4) is 0 Å². The molecule has 134 valence electrons. The summed E-state index contributed by atoms with van der Waals surface area (Å²) in [4.78, 5) is 36.1. The first kappa shape index (κ1) is 17.4. The molecule has 0 spiro atoms. The first-order valence-corrected chi connectivity index (χ1v) is 7.95. The van der Waals surface area contributed by atoms with Crippen LogP contribution in [0.4, 0.5) is 17.1 Å². The number of benzene rings is 2. The summed E-state index contributed by atoms with van der Waals surface area (Å²) in [5.74, 6) is -0.783. The van der Waals surface area contributed by atoms with Gasteiger partial charge in [0, 0.05) is 11.8 Å². The van der Waals surface area contributed by atoms with Crippen LogP contribution >= 0.6 is 0 Å². The van der Waals surface area contributed by atoms with Gasteiger partial charge in [-0.2, -0.15) is 0 Å². The van der Waals surface area contributed by atoms with E-state index >= 15 is 0 Å². The second-order valence-corrected chi connectivity index (χ2v) is 6.05. The maximum Gasteiger partial charge on any atom is 0.331 e. The van der Waals surface area contributed by atoms with E-state index in [9.17, 15) is 19.7 Å². The molecule has 0 aliphatic carbocycles. The number of non-ortho nitro benzene ring substituents is 1. The molecule has 0 saturated heterocycles. The number of ether oxygens (including phenoxy) is 1. The van der Waals surface area contributed by atoms with Gasteiger partial charge in [-0.3, -0.25) is 14.9 Å². The first-order valence-electron chi connectivity index (χ1n) is 7.95. The summed E-state index contributed by atoms with van der Waals surface area (Å²) >= 11 is 0. The van der Waals surface area contributed by atoms with Crippen LogP contribution in [0.5, 0.6) is 5.75 Å². The van der Waals surface area contributed by atoms with Crippen molar-refractivity contribution in [3.63, 3.8) is 0 Å². The van der Waals surface area contributed by atoms with Crippen LogP contribution in [-0.4, -0.2) is 29.9 Å². The molecule has 1 heterocycles. The molecule has 1 amide bonds. The Bertz CT molecular complexity index is 889. The number of hydrogen-bond acceptors (Lipinski definition) is 6. The van der Waals surface area contributed by atoms with Gasteiger partial charge in [0.25, 0.3) is 5.69 Å². The number of nitro benzene ring substituents is 1. The average molecular weight is 355 g/mol. The largest absolute Gasteiger partial charge is 0.423 e. The smallest absolute Gasteiger partial charge is 0.331 e. The van der Waals surface area contributed by atoms with Crippen LogP contribution in [0.1, 0.15) is 11.1 Å². The molecule has 8 nitrogen and oxygen atoms in total. The van der Waals surface area contributed by atoms with E-state index in [1.54, 1.807) is 0 Å². The van der Waals surface area contributed by atoms with Crippen molar-refractivity contribution in [2.45, 2.75) is 13.8 Å². The van der Waals surface area contributed by atoms with Crippen molar-refractivity contribution in [1.82, 2.24) is 0 Å². The van der Waals surface area contributed by atoms with Gasteiger partial charge in [0.05, 0.1) is 23.2 Å². The number of fused-ring (bicyclic) bond motifs is 1. The Morgan fingerprint density at radius 1 is 1.27 bits per heavy atom. The molecule has 1 aliphatic heterocycles. The van der Waals surface area contributed by atoms with E-state index in [-0.39, 0.29) is 30.4 Å². The molecule has 1 aliphatic rings.